The molecule has 0 bridgehead atoms. The Morgan fingerprint density at radius 1 is 1.07 bits per heavy atom. The van der Waals surface area contributed by atoms with Crippen molar-refractivity contribution >= 4 is 5.82 Å². The van der Waals surface area contributed by atoms with Crippen molar-refractivity contribution in [2.24, 2.45) is 0 Å². The highest BCUT2D eigenvalue weighted by molar-refractivity contribution is 5.39. The monoisotopic (exact) mass is 417 g/mol. The fourth-order valence-electron chi connectivity index (χ4n) is 5.45. The Labute approximate surface area is 180 Å². The molecule has 3 aliphatic rings. The number of likely N-dealkylation sites (tertiary alicyclic amines) is 1. The molecule has 7 nitrogen and oxygen atoms in total. The molecule has 2 N–H and O–H groups in total. The Morgan fingerprint density at radius 3 is 2.57 bits per heavy atom. The summed E-state index contributed by atoms with van der Waals surface area (Å²) in [7, 11) is 0. The van der Waals surface area contributed by atoms with Gasteiger partial charge in [0.1, 0.15) is 5.82 Å². The SMILES string of the molecule is CC(C)N1CCC(NCC2CCCCN2c2ccc(=O)n(C3CCCC3O)n2)CC1. The number of rotatable bonds is 6. The van der Waals surface area contributed by atoms with Gasteiger partial charge in [-0.2, -0.15) is 5.10 Å². The molecule has 7 heteroatoms. The van der Waals surface area contributed by atoms with Crippen LogP contribution in [0.2, 0.25) is 0 Å². The second-order valence-electron chi connectivity index (χ2n) is 9.70. The average Bonchev–Trinajstić information content (AvgIpc) is 3.19. The van der Waals surface area contributed by atoms with Gasteiger partial charge in [-0.1, -0.05) is 0 Å². The Balaban J connectivity index is 1.41. The lowest BCUT2D eigenvalue weighted by Crippen LogP contribution is -2.51. The van der Waals surface area contributed by atoms with Crippen LogP contribution in [-0.2, 0) is 0 Å². The van der Waals surface area contributed by atoms with Gasteiger partial charge in [0.05, 0.1) is 12.1 Å². The molecule has 1 saturated carbocycles. The van der Waals surface area contributed by atoms with E-state index in [9.17, 15) is 9.90 Å². The van der Waals surface area contributed by atoms with Gasteiger partial charge in [-0.05, 0) is 84.4 Å². The normalized spacial score (nSPS) is 29.1. The van der Waals surface area contributed by atoms with Crippen molar-refractivity contribution in [1.82, 2.24) is 20.0 Å². The zero-order chi connectivity index (χ0) is 21.1. The van der Waals surface area contributed by atoms with E-state index in [4.69, 9.17) is 5.10 Å². The first-order valence-electron chi connectivity index (χ1n) is 12.0. The van der Waals surface area contributed by atoms with Gasteiger partial charge in [-0.3, -0.25) is 4.79 Å². The summed E-state index contributed by atoms with van der Waals surface area (Å²) in [5, 5.41) is 18.8. The maximum absolute atomic E-state index is 12.4. The predicted octanol–water partition coefficient (Wildman–Crippen LogP) is 2.15. The van der Waals surface area contributed by atoms with E-state index in [1.165, 1.54) is 32.4 Å². The van der Waals surface area contributed by atoms with E-state index in [0.717, 1.165) is 51.0 Å². The van der Waals surface area contributed by atoms with Crippen molar-refractivity contribution in [2.75, 3.05) is 31.1 Å². The molecule has 0 aromatic carbocycles. The number of aromatic nitrogens is 2. The third kappa shape index (κ3) is 4.89. The minimum atomic E-state index is -0.457. The van der Waals surface area contributed by atoms with Gasteiger partial charge < -0.3 is 20.2 Å². The first-order chi connectivity index (χ1) is 14.5. The molecule has 30 heavy (non-hydrogen) atoms. The van der Waals surface area contributed by atoms with Crippen LogP contribution in [0.15, 0.2) is 16.9 Å². The Morgan fingerprint density at radius 2 is 1.87 bits per heavy atom. The highest BCUT2D eigenvalue weighted by Gasteiger charge is 2.30. The molecule has 1 aromatic rings. The molecule has 0 radical (unpaired) electrons. The summed E-state index contributed by atoms with van der Waals surface area (Å²) in [4.78, 5) is 17.4. The van der Waals surface area contributed by atoms with Gasteiger partial charge in [0, 0.05) is 37.3 Å². The van der Waals surface area contributed by atoms with Crippen molar-refractivity contribution < 1.29 is 5.11 Å². The third-order valence-electron chi connectivity index (χ3n) is 7.39. The van der Waals surface area contributed by atoms with Gasteiger partial charge in [-0.15, -0.1) is 0 Å². The van der Waals surface area contributed by atoms with Crippen molar-refractivity contribution in [3.63, 3.8) is 0 Å². The molecule has 3 fully saturated rings. The molecule has 0 spiro atoms. The van der Waals surface area contributed by atoms with E-state index in [1.807, 2.05) is 6.07 Å². The van der Waals surface area contributed by atoms with E-state index in [2.05, 4.69) is 29.0 Å². The highest BCUT2D eigenvalue weighted by Crippen LogP contribution is 2.29. The first-order valence-corrected chi connectivity index (χ1v) is 12.0. The minimum absolute atomic E-state index is 0.103. The van der Waals surface area contributed by atoms with Crippen LogP contribution in [0.5, 0.6) is 0 Å². The van der Waals surface area contributed by atoms with E-state index >= 15 is 0 Å². The Bertz CT molecular complexity index is 743. The number of hydrogen-bond donors (Lipinski definition) is 2. The number of piperidine rings is 2. The lowest BCUT2D eigenvalue weighted by atomic mass is 9.99. The standard InChI is InChI=1S/C23H39N5O2/c1-17(2)26-14-11-18(12-15-26)24-16-19-6-3-4-13-27(19)22-9-10-23(30)28(25-22)20-7-5-8-21(20)29/h9-10,17-21,24,29H,3-8,11-16H2,1-2H3. The van der Waals surface area contributed by atoms with Gasteiger partial charge in [0.15, 0.2) is 0 Å². The quantitative estimate of drug-likeness (QED) is 0.739. The smallest absolute Gasteiger partial charge is 0.267 e. The average molecular weight is 418 g/mol. The number of hydrogen-bond acceptors (Lipinski definition) is 6. The summed E-state index contributed by atoms with van der Waals surface area (Å²) in [6, 6.07) is 4.98. The number of aliphatic hydroxyl groups is 1. The van der Waals surface area contributed by atoms with E-state index in [1.54, 1.807) is 10.7 Å². The zero-order valence-corrected chi connectivity index (χ0v) is 18.7. The van der Waals surface area contributed by atoms with Crippen molar-refractivity contribution in [3.05, 3.63) is 22.5 Å². The van der Waals surface area contributed by atoms with Crippen LogP contribution in [0.3, 0.4) is 0 Å². The largest absolute Gasteiger partial charge is 0.391 e. The fraction of sp³-hybridized carbons (Fsp3) is 0.826. The Hall–Kier alpha value is -1.44. The minimum Gasteiger partial charge on any atom is -0.391 e. The zero-order valence-electron chi connectivity index (χ0n) is 18.7. The Kier molecular flexibility index (Phi) is 7.11. The highest BCUT2D eigenvalue weighted by atomic mass is 16.3. The lowest BCUT2D eigenvalue weighted by molar-refractivity contribution is 0.127. The molecule has 1 aromatic heterocycles. The molecule has 3 unspecified atom stereocenters. The molecule has 4 rings (SSSR count). The fourth-order valence-corrected chi connectivity index (χ4v) is 5.45. The second-order valence-corrected chi connectivity index (χ2v) is 9.70. The van der Waals surface area contributed by atoms with Crippen molar-refractivity contribution in [1.29, 1.82) is 0 Å². The molecule has 168 valence electrons. The molecule has 1 aliphatic carbocycles. The van der Waals surface area contributed by atoms with Gasteiger partial charge >= 0.3 is 0 Å². The van der Waals surface area contributed by atoms with Gasteiger partial charge in [0.2, 0.25) is 0 Å². The summed E-state index contributed by atoms with van der Waals surface area (Å²) in [5.41, 5.74) is -0.103. The summed E-state index contributed by atoms with van der Waals surface area (Å²) in [6.45, 7) is 8.88. The van der Waals surface area contributed by atoms with E-state index in [0.29, 0.717) is 18.1 Å². The molecule has 2 aliphatic heterocycles. The number of anilines is 1. The maximum Gasteiger partial charge on any atom is 0.267 e. The van der Waals surface area contributed by atoms with Crippen molar-refractivity contribution in [2.45, 2.75) is 95.5 Å². The molecule has 3 heterocycles. The maximum atomic E-state index is 12.4. The van der Waals surface area contributed by atoms with Crippen molar-refractivity contribution in [3.8, 4) is 0 Å². The lowest BCUT2D eigenvalue weighted by Gasteiger charge is -2.39. The number of aliphatic hydroxyl groups excluding tert-OH is 1. The van der Waals surface area contributed by atoms with Crippen LogP contribution in [0.4, 0.5) is 5.82 Å². The molecule has 0 amide bonds. The van der Waals surface area contributed by atoms with Gasteiger partial charge in [-0.25, -0.2) is 4.68 Å². The van der Waals surface area contributed by atoms with E-state index in [-0.39, 0.29) is 11.6 Å². The number of nitrogens with one attached hydrogen (secondary N) is 1. The first kappa shape index (κ1) is 21.8. The molecular weight excluding hydrogens is 378 g/mol. The molecule has 3 atom stereocenters. The van der Waals surface area contributed by atoms with Crippen LogP contribution < -0.4 is 15.8 Å². The van der Waals surface area contributed by atoms with Crippen LogP contribution in [-0.4, -0.2) is 70.2 Å². The van der Waals surface area contributed by atoms with Crippen LogP contribution in [0.1, 0.15) is 71.3 Å². The number of nitrogens with zero attached hydrogens (tertiary/aromatic N) is 4. The topological polar surface area (TPSA) is 73.6 Å². The van der Waals surface area contributed by atoms with E-state index < -0.39 is 6.10 Å². The van der Waals surface area contributed by atoms with Gasteiger partial charge in [0.25, 0.3) is 5.56 Å². The summed E-state index contributed by atoms with van der Waals surface area (Å²) in [5.74, 6) is 0.884. The summed E-state index contributed by atoms with van der Waals surface area (Å²) in [6.07, 6.45) is 8.08. The summed E-state index contributed by atoms with van der Waals surface area (Å²) < 4.78 is 1.55. The second kappa shape index (κ2) is 9.79. The predicted molar refractivity (Wildman–Crippen MR) is 120 cm³/mol. The van der Waals surface area contributed by atoms with Crippen LogP contribution in [0.25, 0.3) is 0 Å². The molecular formula is C23H39N5O2. The molecule has 2 saturated heterocycles. The third-order valence-corrected chi connectivity index (χ3v) is 7.39. The van der Waals surface area contributed by atoms with Crippen LogP contribution >= 0.6 is 0 Å². The summed E-state index contributed by atoms with van der Waals surface area (Å²) >= 11 is 0. The van der Waals surface area contributed by atoms with Crippen LogP contribution in [0, 0.1) is 0 Å².